The lowest BCUT2D eigenvalue weighted by Crippen LogP contribution is -2.31. The summed E-state index contributed by atoms with van der Waals surface area (Å²) in [4.78, 5) is 0. The van der Waals surface area contributed by atoms with Gasteiger partial charge >= 0.3 is 13.3 Å². The number of rotatable bonds is 1. The van der Waals surface area contributed by atoms with Crippen LogP contribution in [-0.4, -0.2) is 17.2 Å². The average molecular weight is 238 g/mol. The second kappa shape index (κ2) is 4.91. The summed E-state index contributed by atoms with van der Waals surface area (Å²) in [6.45, 7) is 1.32. The molecule has 0 unspecified atom stereocenters. The van der Waals surface area contributed by atoms with Crippen molar-refractivity contribution in [1.82, 2.24) is 0 Å². The van der Waals surface area contributed by atoms with Crippen LogP contribution in [0, 0.1) is 6.92 Å². The number of hydrogen-bond acceptors (Lipinski definition) is 2. The maximum Gasteiger partial charge on any atom is 0.488 e. The van der Waals surface area contributed by atoms with E-state index in [4.69, 9.17) is 10.0 Å². The molecule has 0 aromatic heterocycles. The first kappa shape index (κ1) is 14.3. The summed E-state index contributed by atoms with van der Waals surface area (Å²) in [5, 5.41) is 17.4. The van der Waals surface area contributed by atoms with Crippen LogP contribution in [-0.2, 0) is 6.18 Å². The molecule has 0 saturated carbocycles. The van der Waals surface area contributed by atoms with Gasteiger partial charge < -0.3 is 10.0 Å². The molecule has 0 fully saturated rings. The van der Waals surface area contributed by atoms with Crippen molar-refractivity contribution >= 4 is 26.1 Å². The Kier molecular flexibility index (Phi) is 4.70. The van der Waals surface area contributed by atoms with Gasteiger partial charge in [0.1, 0.15) is 0 Å². The molecule has 1 rings (SSSR count). The van der Waals surface area contributed by atoms with Gasteiger partial charge in [-0.15, -0.1) is 0 Å². The highest BCUT2D eigenvalue weighted by atomic mass is 32.1. The highest BCUT2D eigenvalue weighted by molar-refractivity contribution is 7.59. The third-order valence-corrected chi connectivity index (χ3v) is 1.87. The molecule has 0 atom stereocenters. The molecular weight excluding hydrogens is 228 g/mol. The molecule has 84 valence electrons. The molecule has 2 nitrogen and oxygen atoms in total. The van der Waals surface area contributed by atoms with E-state index in [1.54, 1.807) is 0 Å². The Balaban J connectivity index is 0.00000196. The van der Waals surface area contributed by atoms with E-state index in [1.165, 1.54) is 19.1 Å². The molecule has 0 radical (unpaired) electrons. The van der Waals surface area contributed by atoms with E-state index in [-0.39, 0.29) is 24.5 Å². The monoisotopic (exact) mass is 238 g/mol. The molecule has 2 N–H and O–H groups in total. The van der Waals surface area contributed by atoms with Gasteiger partial charge in [-0.3, -0.25) is 0 Å². The Morgan fingerprint density at radius 3 is 2.13 bits per heavy atom. The summed E-state index contributed by atoms with van der Waals surface area (Å²) in [6.07, 6.45) is -4.46. The third kappa shape index (κ3) is 3.44. The first-order chi connectivity index (χ1) is 6.32. The van der Waals surface area contributed by atoms with Crippen molar-refractivity contribution < 1.29 is 23.2 Å². The van der Waals surface area contributed by atoms with E-state index in [1.807, 2.05) is 0 Å². The molecule has 0 bridgehead atoms. The van der Waals surface area contributed by atoms with Crippen LogP contribution in [0.25, 0.3) is 0 Å². The standard InChI is InChI=1S/C8H8BF3O2.H2S/c1-5-2-3-6(9(13)14)4-7(5)8(10,11)12;/h2-4,13-14H,1H3;1H2. The maximum atomic E-state index is 12.3. The van der Waals surface area contributed by atoms with Crippen molar-refractivity contribution in [1.29, 1.82) is 0 Å². The fourth-order valence-corrected chi connectivity index (χ4v) is 1.11. The van der Waals surface area contributed by atoms with Crippen molar-refractivity contribution in [2.45, 2.75) is 13.1 Å². The van der Waals surface area contributed by atoms with Gasteiger partial charge in [0.15, 0.2) is 0 Å². The van der Waals surface area contributed by atoms with E-state index in [0.29, 0.717) is 0 Å². The Morgan fingerprint density at radius 2 is 1.73 bits per heavy atom. The average Bonchev–Trinajstić information content (AvgIpc) is 2.02. The van der Waals surface area contributed by atoms with Gasteiger partial charge in [-0.1, -0.05) is 12.1 Å². The molecule has 0 spiro atoms. The van der Waals surface area contributed by atoms with Crippen LogP contribution in [0.1, 0.15) is 11.1 Å². The maximum absolute atomic E-state index is 12.3. The van der Waals surface area contributed by atoms with Gasteiger partial charge in [-0.05, 0) is 24.0 Å². The summed E-state index contributed by atoms with van der Waals surface area (Å²) in [7, 11) is -1.88. The molecule has 15 heavy (non-hydrogen) atoms. The molecule has 0 amide bonds. The van der Waals surface area contributed by atoms with Gasteiger partial charge in [-0.25, -0.2) is 0 Å². The molecular formula is C8H10BF3O2S. The first-order valence-electron chi connectivity index (χ1n) is 3.86. The van der Waals surface area contributed by atoms with Gasteiger partial charge in [0.2, 0.25) is 0 Å². The summed E-state index contributed by atoms with van der Waals surface area (Å²) >= 11 is 0. The van der Waals surface area contributed by atoms with Crippen LogP contribution in [0.4, 0.5) is 13.2 Å². The lowest BCUT2D eigenvalue weighted by Gasteiger charge is -2.11. The topological polar surface area (TPSA) is 40.5 Å². The van der Waals surface area contributed by atoms with Gasteiger partial charge in [0, 0.05) is 0 Å². The van der Waals surface area contributed by atoms with E-state index in [9.17, 15) is 13.2 Å². The van der Waals surface area contributed by atoms with E-state index in [2.05, 4.69) is 0 Å². The smallest absolute Gasteiger partial charge is 0.423 e. The molecule has 0 aliphatic rings. The third-order valence-electron chi connectivity index (χ3n) is 1.87. The number of benzene rings is 1. The van der Waals surface area contributed by atoms with Crippen molar-refractivity contribution in [3.8, 4) is 0 Å². The quantitative estimate of drug-likeness (QED) is 0.710. The summed E-state index contributed by atoms with van der Waals surface area (Å²) < 4.78 is 37.0. The van der Waals surface area contributed by atoms with E-state index in [0.717, 1.165) is 6.07 Å². The Labute approximate surface area is 92.3 Å². The first-order valence-corrected chi connectivity index (χ1v) is 3.86. The summed E-state index contributed by atoms with van der Waals surface area (Å²) in [5.74, 6) is 0. The number of hydrogen-bond donors (Lipinski definition) is 2. The van der Waals surface area contributed by atoms with Crippen LogP contribution in [0.2, 0.25) is 0 Å². The molecule has 1 aromatic rings. The zero-order valence-corrected chi connectivity index (χ0v) is 8.84. The van der Waals surface area contributed by atoms with Crippen LogP contribution >= 0.6 is 13.5 Å². The number of aryl methyl sites for hydroxylation is 1. The Hall–Kier alpha value is -0.655. The largest absolute Gasteiger partial charge is 0.488 e. The zero-order chi connectivity index (χ0) is 10.9. The van der Waals surface area contributed by atoms with Crippen LogP contribution < -0.4 is 5.46 Å². The predicted octanol–water partition coefficient (Wildman–Crippen LogP) is 0.806. The van der Waals surface area contributed by atoms with Crippen molar-refractivity contribution in [3.63, 3.8) is 0 Å². The van der Waals surface area contributed by atoms with Gasteiger partial charge in [0.25, 0.3) is 0 Å². The molecule has 1 aromatic carbocycles. The highest BCUT2D eigenvalue weighted by Gasteiger charge is 2.33. The minimum absolute atomic E-state index is 0. The fraction of sp³-hybridized carbons (Fsp3) is 0.250. The molecule has 0 saturated heterocycles. The van der Waals surface area contributed by atoms with Gasteiger partial charge in [0.05, 0.1) is 5.56 Å². The van der Waals surface area contributed by atoms with E-state index < -0.39 is 18.9 Å². The van der Waals surface area contributed by atoms with Crippen molar-refractivity contribution in [3.05, 3.63) is 29.3 Å². The SMILES string of the molecule is Cc1ccc(B(O)O)cc1C(F)(F)F.S. The fourth-order valence-electron chi connectivity index (χ4n) is 1.11. The lowest BCUT2D eigenvalue weighted by molar-refractivity contribution is -0.138. The van der Waals surface area contributed by atoms with Gasteiger partial charge in [-0.2, -0.15) is 26.7 Å². The highest BCUT2D eigenvalue weighted by Crippen LogP contribution is 2.30. The van der Waals surface area contributed by atoms with Crippen molar-refractivity contribution in [2.75, 3.05) is 0 Å². The number of halogens is 3. The zero-order valence-electron chi connectivity index (χ0n) is 7.84. The number of alkyl halides is 3. The minimum Gasteiger partial charge on any atom is -0.423 e. The molecule has 0 aliphatic heterocycles. The normalized spacial score (nSPS) is 10.8. The summed E-state index contributed by atoms with van der Waals surface area (Å²) in [5.41, 5.74) is -0.951. The van der Waals surface area contributed by atoms with Crippen LogP contribution in [0.5, 0.6) is 0 Å². The van der Waals surface area contributed by atoms with Crippen LogP contribution in [0.15, 0.2) is 18.2 Å². The second-order valence-electron chi connectivity index (χ2n) is 2.95. The van der Waals surface area contributed by atoms with Crippen LogP contribution in [0.3, 0.4) is 0 Å². The summed E-state index contributed by atoms with van der Waals surface area (Å²) in [6, 6.07) is 3.19. The second-order valence-corrected chi connectivity index (χ2v) is 2.95. The Bertz CT molecular complexity index is 341. The molecule has 0 aliphatic carbocycles. The Morgan fingerprint density at radius 1 is 1.20 bits per heavy atom. The predicted molar refractivity (Wildman–Crippen MR) is 56.4 cm³/mol. The molecule has 0 heterocycles. The van der Waals surface area contributed by atoms with Crippen molar-refractivity contribution in [2.24, 2.45) is 0 Å². The molecule has 7 heteroatoms. The lowest BCUT2D eigenvalue weighted by atomic mass is 9.79. The minimum atomic E-state index is -4.46. The van der Waals surface area contributed by atoms with E-state index >= 15 is 0 Å².